The Labute approximate surface area is 125 Å². The van der Waals surface area contributed by atoms with E-state index in [0.717, 1.165) is 5.56 Å². The van der Waals surface area contributed by atoms with Gasteiger partial charge in [-0.2, -0.15) is 4.31 Å². The number of hydrogen-bond acceptors (Lipinski definition) is 4. The summed E-state index contributed by atoms with van der Waals surface area (Å²) in [6.07, 6.45) is 0.436. The molecule has 1 atom stereocenters. The number of aryl methyl sites for hydroxylation is 1. The molecular formula is C15H19NO4S. The van der Waals surface area contributed by atoms with Gasteiger partial charge >= 0.3 is 0 Å². The highest BCUT2D eigenvalue weighted by Gasteiger charge is 2.38. The van der Waals surface area contributed by atoms with Crippen LogP contribution in [0.15, 0.2) is 23.1 Å². The van der Waals surface area contributed by atoms with Crippen LogP contribution in [-0.2, 0) is 10.0 Å². The van der Waals surface area contributed by atoms with Gasteiger partial charge in [0.1, 0.15) is 6.61 Å². The summed E-state index contributed by atoms with van der Waals surface area (Å²) in [7, 11) is -3.59. The predicted octanol–water partition coefficient (Wildman–Crippen LogP) is 0.484. The first-order chi connectivity index (χ1) is 9.76. The smallest absolute Gasteiger partial charge is 0.243 e. The highest BCUT2D eigenvalue weighted by Crippen LogP contribution is 2.27. The van der Waals surface area contributed by atoms with E-state index < -0.39 is 15.6 Å². The molecule has 1 aliphatic rings. The minimum Gasteiger partial charge on any atom is -0.389 e. The number of aliphatic hydroxyl groups excluding tert-OH is 1. The SMILES string of the molecule is Cc1cc(S(=O)(=O)N2CCC(C)(O)C2)ccc1C#CCO. The zero-order valence-corrected chi connectivity index (χ0v) is 12.9. The Kier molecular flexibility index (Phi) is 4.40. The van der Waals surface area contributed by atoms with Crippen molar-refractivity contribution in [2.45, 2.75) is 30.8 Å². The van der Waals surface area contributed by atoms with Crippen molar-refractivity contribution in [2.75, 3.05) is 19.7 Å². The van der Waals surface area contributed by atoms with Crippen molar-refractivity contribution in [3.8, 4) is 11.8 Å². The van der Waals surface area contributed by atoms with Crippen molar-refractivity contribution >= 4 is 10.0 Å². The predicted molar refractivity (Wildman–Crippen MR) is 79.1 cm³/mol. The van der Waals surface area contributed by atoms with E-state index in [1.54, 1.807) is 26.0 Å². The first-order valence-electron chi connectivity index (χ1n) is 6.69. The molecule has 0 aromatic heterocycles. The first kappa shape index (κ1) is 16.0. The molecule has 1 unspecified atom stereocenters. The lowest BCUT2D eigenvalue weighted by molar-refractivity contribution is 0.0762. The monoisotopic (exact) mass is 309 g/mol. The summed E-state index contributed by atoms with van der Waals surface area (Å²) in [5.74, 6) is 5.32. The largest absolute Gasteiger partial charge is 0.389 e. The molecule has 0 amide bonds. The lowest BCUT2D eigenvalue weighted by atomic mass is 10.1. The fourth-order valence-electron chi connectivity index (χ4n) is 2.33. The first-order valence-corrected chi connectivity index (χ1v) is 8.13. The van der Waals surface area contributed by atoms with Crippen LogP contribution in [0.3, 0.4) is 0 Å². The summed E-state index contributed by atoms with van der Waals surface area (Å²) < 4.78 is 26.4. The fourth-order valence-corrected chi connectivity index (χ4v) is 3.97. The number of sulfonamides is 1. The Morgan fingerprint density at radius 2 is 2.14 bits per heavy atom. The zero-order chi connectivity index (χ0) is 15.7. The number of benzene rings is 1. The third kappa shape index (κ3) is 3.44. The molecule has 1 aromatic rings. The third-order valence-corrected chi connectivity index (χ3v) is 5.40. The second-order valence-electron chi connectivity index (χ2n) is 5.52. The van der Waals surface area contributed by atoms with Gasteiger partial charge in [-0.25, -0.2) is 8.42 Å². The summed E-state index contributed by atoms with van der Waals surface area (Å²) >= 11 is 0. The summed E-state index contributed by atoms with van der Waals surface area (Å²) in [5, 5.41) is 18.6. The molecule has 0 saturated carbocycles. The maximum absolute atomic E-state index is 12.5. The molecule has 0 bridgehead atoms. The van der Waals surface area contributed by atoms with Gasteiger partial charge in [0.15, 0.2) is 0 Å². The van der Waals surface area contributed by atoms with Crippen molar-refractivity contribution < 1.29 is 18.6 Å². The van der Waals surface area contributed by atoms with Crippen LogP contribution in [0.25, 0.3) is 0 Å². The van der Waals surface area contributed by atoms with Gasteiger partial charge in [-0.05, 0) is 44.0 Å². The van der Waals surface area contributed by atoms with Crippen LogP contribution in [0.5, 0.6) is 0 Å². The molecule has 1 saturated heterocycles. The van der Waals surface area contributed by atoms with Gasteiger partial charge in [-0.15, -0.1) is 0 Å². The molecular weight excluding hydrogens is 290 g/mol. The van der Waals surface area contributed by atoms with Gasteiger partial charge < -0.3 is 10.2 Å². The van der Waals surface area contributed by atoms with E-state index in [9.17, 15) is 13.5 Å². The quantitative estimate of drug-likeness (QED) is 0.779. The molecule has 21 heavy (non-hydrogen) atoms. The van der Waals surface area contributed by atoms with E-state index in [0.29, 0.717) is 18.5 Å². The maximum Gasteiger partial charge on any atom is 0.243 e. The molecule has 0 spiro atoms. The number of nitrogens with zero attached hydrogens (tertiary/aromatic N) is 1. The van der Waals surface area contributed by atoms with Gasteiger partial charge in [0, 0.05) is 18.7 Å². The van der Waals surface area contributed by atoms with Crippen LogP contribution in [-0.4, -0.2) is 48.2 Å². The summed E-state index contributed by atoms with van der Waals surface area (Å²) in [5.41, 5.74) is 0.466. The van der Waals surface area contributed by atoms with Crippen LogP contribution in [0.2, 0.25) is 0 Å². The Morgan fingerprint density at radius 1 is 1.43 bits per heavy atom. The lowest BCUT2D eigenvalue weighted by Crippen LogP contribution is -2.33. The topological polar surface area (TPSA) is 77.8 Å². The highest BCUT2D eigenvalue weighted by molar-refractivity contribution is 7.89. The van der Waals surface area contributed by atoms with Crippen LogP contribution in [0, 0.1) is 18.8 Å². The van der Waals surface area contributed by atoms with E-state index in [2.05, 4.69) is 11.8 Å². The lowest BCUT2D eigenvalue weighted by Gasteiger charge is -2.19. The molecule has 1 fully saturated rings. The average Bonchev–Trinajstić information content (AvgIpc) is 2.78. The zero-order valence-electron chi connectivity index (χ0n) is 12.1. The molecule has 1 aromatic carbocycles. The fraction of sp³-hybridized carbons (Fsp3) is 0.467. The minimum atomic E-state index is -3.59. The molecule has 2 N–H and O–H groups in total. The van der Waals surface area contributed by atoms with Crippen LogP contribution in [0.1, 0.15) is 24.5 Å². The summed E-state index contributed by atoms with van der Waals surface area (Å²) in [6, 6.07) is 4.72. The van der Waals surface area contributed by atoms with Crippen molar-refractivity contribution in [1.29, 1.82) is 0 Å². The van der Waals surface area contributed by atoms with Crippen LogP contribution < -0.4 is 0 Å². The van der Waals surface area contributed by atoms with Gasteiger partial charge in [0.05, 0.1) is 10.5 Å². The Balaban J connectivity index is 2.32. The van der Waals surface area contributed by atoms with Crippen molar-refractivity contribution in [2.24, 2.45) is 0 Å². The van der Waals surface area contributed by atoms with Crippen LogP contribution in [0.4, 0.5) is 0 Å². The Hall–Kier alpha value is -1.39. The number of aliphatic hydroxyl groups is 2. The number of rotatable bonds is 2. The average molecular weight is 309 g/mol. The van der Waals surface area contributed by atoms with Crippen LogP contribution >= 0.6 is 0 Å². The molecule has 1 aliphatic heterocycles. The molecule has 2 rings (SSSR count). The number of β-amino-alcohol motifs (C(OH)–C–C–N with tert-alkyl or cyclic N) is 1. The molecule has 0 radical (unpaired) electrons. The second kappa shape index (κ2) is 5.78. The van der Waals surface area contributed by atoms with Crippen molar-refractivity contribution in [3.63, 3.8) is 0 Å². The van der Waals surface area contributed by atoms with E-state index in [1.165, 1.54) is 10.4 Å². The highest BCUT2D eigenvalue weighted by atomic mass is 32.2. The Morgan fingerprint density at radius 3 is 2.67 bits per heavy atom. The van der Waals surface area contributed by atoms with E-state index in [4.69, 9.17) is 5.11 Å². The second-order valence-corrected chi connectivity index (χ2v) is 7.46. The maximum atomic E-state index is 12.5. The van der Waals surface area contributed by atoms with Crippen molar-refractivity contribution in [3.05, 3.63) is 29.3 Å². The van der Waals surface area contributed by atoms with Crippen molar-refractivity contribution in [1.82, 2.24) is 4.31 Å². The third-order valence-electron chi connectivity index (χ3n) is 3.55. The van der Waals surface area contributed by atoms with Gasteiger partial charge in [-0.1, -0.05) is 11.8 Å². The molecule has 5 nitrogen and oxygen atoms in total. The van der Waals surface area contributed by atoms with Gasteiger partial charge in [0.25, 0.3) is 0 Å². The summed E-state index contributed by atoms with van der Waals surface area (Å²) in [6.45, 7) is 3.62. The molecule has 1 heterocycles. The van der Waals surface area contributed by atoms with Gasteiger partial charge in [-0.3, -0.25) is 0 Å². The van der Waals surface area contributed by atoms with Gasteiger partial charge in [0.2, 0.25) is 10.0 Å². The minimum absolute atomic E-state index is 0.112. The van der Waals surface area contributed by atoms with E-state index in [-0.39, 0.29) is 18.0 Å². The van der Waals surface area contributed by atoms with E-state index >= 15 is 0 Å². The van der Waals surface area contributed by atoms with E-state index in [1.807, 2.05) is 0 Å². The standard InChI is InChI=1S/C15H19NO4S/c1-12-10-14(6-5-13(12)4-3-9-17)21(19,20)16-8-7-15(2,18)11-16/h5-6,10,17-18H,7-9,11H2,1-2H3. The normalized spacial score (nSPS) is 22.9. The molecule has 6 heteroatoms. The molecule has 114 valence electrons. The summed E-state index contributed by atoms with van der Waals surface area (Å²) in [4.78, 5) is 0.201. The molecule has 0 aliphatic carbocycles. The Bertz CT molecular complexity index is 698. The number of hydrogen-bond donors (Lipinski definition) is 2.